The normalized spacial score (nSPS) is 16.6. The number of aromatic nitrogens is 1. The number of nitrogens with one attached hydrogen (secondary N) is 1. The number of methoxy groups -OCH3 is 2. The number of nitrogens with zero attached hydrogens (tertiary/aromatic N) is 1. The molecule has 0 saturated carbocycles. The standard InChI is InChI=1S/C47H47N2O7/c1-48-26-30-19-32(24-33(50)20-30)39(21-28-11-15-41(51)45(23-28)55-2)43(53)25-44(54)40(22-29-17-18-49-27-29)36-12-13-37(46-38(36)14-16-42(52)47(46)56-3)35-10-6-8-31-7-4-5-9-34(31)35/h4-20,23-24,27,36-37,39-40,44,48,50-52,54H,21-22,25-26H2,1-3H3/q-1/t36-,37-,39+,40+,44+/m0/s1. The number of hydrogen-bond donors (Lipinski definition) is 5. The first kappa shape index (κ1) is 38.3. The summed E-state index contributed by atoms with van der Waals surface area (Å²) in [5.74, 6) is -1.30. The summed E-state index contributed by atoms with van der Waals surface area (Å²) in [7, 11) is 4.84. The van der Waals surface area contributed by atoms with Crippen molar-refractivity contribution < 1.29 is 34.7 Å². The molecule has 5 atom stereocenters. The van der Waals surface area contributed by atoms with E-state index in [9.17, 15) is 25.2 Å². The largest absolute Gasteiger partial charge is 0.670 e. The van der Waals surface area contributed by atoms with Gasteiger partial charge >= 0.3 is 0 Å². The number of carbonyl (C=O) groups is 1. The lowest BCUT2D eigenvalue weighted by molar-refractivity contribution is -0.123. The van der Waals surface area contributed by atoms with Gasteiger partial charge in [-0.1, -0.05) is 84.4 Å². The molecule has 5 N–H and O–H groups in total. The molecule has 0 amide bonds. The van der Waals surface area contributed by atoms with Crippen LogP contribution >= 0.6 is 0 Å². The van der Waals surface area contributed by atoms with Crippen LogP contribution in [0.4, 0.5) is 0 Å². The van der Waals surface area contributed by atoms with Gasteiger partial charge in [-0.3, -0.25) is 4.79 Å². The first-order valence-electron chi connectivity index (χ1n) is 18.8. The van der Waals surface area contributed by atoms with Gasteiger partial charge in [-0.15, -0.1) is 0 Å². The van der Waals surface area contributed by atoms with E-state index >= 15 is 0 Å². The third-order valence-electron chi connectivity index (χ3n) is 11.1. The highest BCUT2D eigenvalue weighted by atomic mass is 16.5. The maximum absolute atomic E-state index is 14.7. The van der Waals surface area contributed by atoms with E-state index in [1.165, 1.54) is 13.2 Å². The van der Waals surface area contributed by atoms with Gasteiger partial charge in [0.1, 0.15) is 11.5 Å². The van der Waals surface area contributed by atoms with Crippen molar-refractivity contribution >= 4 is 16.6 Å². The van der Waals surface area contributed by atoms with Gasteiger partial charge in [-0.25, -0.2) is 0 Å². The third kappa shape index (κ3) is 7.87. The molecule has 1 aliphatic carbocycles. The highest BCUT2D eigenvalue weighted by Gasteiger charge is 2.38. The number of fused-ring (bicyclic) bond motifs is 2. The van der Waals surface area contributed by atoms with Gasteiger partial charge in [-0.2, -0.15) is 12.4 Å². The Kier molecular flexibility index (Phi) is 11.5. The summed E-state index contributed by atoms with van der Waals surface area (Å²) in [6.07, 6.45) is 7.16. The van der Waals surface area contributed by atoms with E-state index in [1.54, 1.807) is 49.8 Å². The molecule has 1 aliphatic rings. The number of aliphatic hydroxyl groups is 1. The number of ketones is 1. The van der Waals surface area contributed by atoms with Crippen molar-refractivity contribution in [2.45, 2.75) is 49.7 Å². The number of ether oxygens (including phenoxy) is 2. The lowest BCUT2D eigenvalue weighted by Gasteiger charge is -2.36. The lowest BCUT2D eigenvalue weighted by atomic mass is 9.69. The van der Waals surface area contributed by atoms with E-state index in [-0.39, 0.29) is 53.5 Å². The van der Waals surface area contributed by atoms with Gasteiger partial charge in [0, 0.05) is 36.3 Å². The number of aliphatic hydroxyl groups excluding tert-OH is 1. The summed E-state index contributed by atoms with van der Waals surface area (Å²) in [6, 6.07) is 30.0. The number of allylic oxidation sites excluding steroid dienone is 2. The van der Waals surface area contributed by atoms with Crippen molar-refractivity contribution in [2.75, 3.05) is 21.3 Å². The molecule has 56 heavy (non-hydrogen) atoms. The molecule has 5 aromatic carbocycles. The van der Waals surface area contributed by atoms with Gasteiger partial charge in [0.2, 0.25) is 0 Å². The Bertz CT molecular complexity index is 2350. The SMILES string of the molecule is CNCc1cc(O)cc([C@@H](Cc2ccc(O)c(OC)c2)C(=O)C[C@@H](O)[C@H](Cc2cc[n-]c2)[C@H]2C=C[C@@H](c3cccc4ccccc34)c3c2ccc(O)c3OC)c1. The molecule has 0 spiro atoms. The lowest BCUT2D eigenvalue weighted by Crippen LogP contribution is -2.33. The minimum atomic E-state index is -1.10. The first-order valence-corrected chi connectivity index (χ1v) is 18.8. The van der Waals surface area contributed by atoms with Crippen LogP contribution in [0.1, 0.15) is 63.1 Å². The fraction of sp³-hybridized carbons (Fsp3) is 0.255. The Balaban J connectivity index is 1.28. The summed E-state index contributed by atoms with van der Waals surface area (Å²) in [6.45, 7) is 0.486. The van der Waals surface area contributed by atoms with Gasteiger partial charge in [-0.05, 0) is 94.7 Å². The van der Waals surface area contributed by atoms with E-state index in [0.29, 0.717) is 24.3 Å². The number of phenols is 3. The Morgan fingerprint density at radius 1 is 0.804 bits per heavy atom. The van der Waals surface area contributed by atoms with Crippen LogP contribution in [-0.2, 0) is 24.2 Å². The minimum Gasteiger partial charge on any atom is -0.670 e. The molecular formula is C47H47N2O7-. The predicted octanol–water partition coefficient (Wildman–Crippen LogP) is 7.64. The van der Waals surface area contributed by atoms with Crippen LogP contribution < -0.4 is 19.8 Å². The molecule has 0 aliphatic heterocycles. The summed E-state index contributed by atoms with van der Waals surface area (Å²) in [4.78, 5) is 19.0. The van der Waals surface area contributed by atoms with Crippen molar-refractivity contribution in [2.24, 2.45) is 5.92 Å². The summed E-state index contributed by atoms with van der Waals surface area (Å²) in [5.41, 5.74) is 5.89. The molecule has 0 bridgehead atoms. The van der Waals surface area contributed by atoms with E-state index in [4.69, 9.17) is 9.47 Å². The summed E-state index contributed by atoms with van der Waals surface area (Å²) >= 11 is 0. The second kappa shape index (κ2) is 16.8. The topological polar surface area (TPSA) is 143 Å². The Hall–Kier alpha value is -6.03. The molecule has 0 fully saturated rings. The van der Waals surface area contributed by atoms with E-state index in [2.05, 4.69) is 46.7 Å². The maximum atomic E-state index is 14.7. The second-order valence-electron chi connectivity index (χ2n) is 14.6. The van der Waals surface area contributed by atoms with E-state index < -0.39 is 17.9 Å². The van der Waals surface area contributed by atoms with Gasteiger partial charge in [0.25, 0.3) is 0 Å². The number of phenolic OH excluding ortho intramolecular Hbond substituents is 3. The summed E-state index contributed by atoms with van der Waals surface area (Å²) < 4.78 is 11.3. The fourth-order valence-corrected chi connectivity index (χ4v) is 8.44. The molecule has 0 radical (unpaired) electrons. The van der Waals surface area contributed by atoms with Gasteiger partial charge < -0.3 is 40.2 Å². The summed E-state index contributed by atoms with van der Waals surface area (Å²) in [5, 5.41) is 49.8. The van der Waals surface area contributed by atoms with Crippen molar-refractivity contribution in [3.63, 3.8) is 0 Å². The maximum Gasteiger partial charge on any atom is 0.164 e. The van der Waals surface area contributed by atoms with Crippen LogP contribution in [0, 0.1) is 5.92 Å². The molecule has 9 heteroatoms. The molecular weight excluding hydrogens is 705 g/mol. The zero-order valence-corrected chi connectivity index (χ0v) is 31.7. The first-order chi connectivity index (χ1) is 27.2. The highest BCUT2D eigenvalue weighted by Crippen LogP contribution is 2.50. The monoisotopic (exact) mass is 751 g/mol. The minimum absolute atomic E-state index is 0.0125. The molecule has 6 aromatic rings. The van der Waals surface area contributed by atoms with E-state index in [1.807, 2.05) is 43.4 Å². The zero-order chi connectivity index (χ0) is 39.3. The zero-order valence-electron chi connectivity index (χ0n) is 31.7. The van der Waals surface area contributed by atoms with Crippen LogP contribution in [0.15, 0.2) is 122 Å². The van der Waals surface area contributed by atoms with Crippen LogP contribution in [0.3, 0.4) is 0 Å². The number of benzene rings is 5. The van der Waals surface area contributed by atoms with Gasteiger partial charge in [0.05, 0.1) is 20.3 Å². The van der Waals surface area contributed by atoms with Crippen LogP contribution in [0.5, 0.6) is 28.7 Å². The molecule has 9 nitrogen and oxygen atoms in total. The quantitative estimate of drug-likeness (QED) is 0.0670. The number of Topliss-reactive ketones (excluding diaryl/α,β-unsaturated/α-hetero) is 1. The second-order valence-corrected chi connectivity index (χ2v) is 14.6. The van der Waals surface area contributed by atoms with Crippen molar-refractivity contribution in [3.05, 3.63) is 161 Å². The van der Waals surface area contributed by atoms with Crippen LogP contribution in [0.2, 0.25) is 0 Å². The predicted molar refractivity (Wildman–Crippen MR) is 217 cm³/mol. The van der Waals surface area contributed by atoms with Crippen molar-refractivity contribution in [3.8, 4) is 28.7 Å². The number of hydrogen-bond acceptors (Lipinski definition) is 8. The van der Waals surface area contributed by atoms with Crippen molar-refractivity contribution in [1.29, 1.82) is 0 Å². The molecule has 1 heterocycles. The number of carbonyl (C=O) groups excluding carboxylic acids is 1. The highest BCUT2D eigenvalue weighted by molar-refractivity contribution is 5.88. The molecule has 1 aromatic heterocycles. The Morgan fingerprint density at radius 2 is 1.61 bits per heavy atom. The third-order valence-corrected chi connectivity index (χ3v) is 11.1. The number of aromatic hydroxyl groups is 3. The Morgan fingerprint density at radius 3 is 2.38 bits per heavy atom. The van der Waals surface area contributed by atoms with Crippen molar-refractivity contribution in [1.82, 2.24) is 10.3 Å². The van der Waals surface area contributed by atoms with Gasteiger partial charge in [0.15, 0.2) is 23.0 Å². The molecule has 0 saturated heterocycles. The number of rotatable bonds is 15. The average molecular weight is 752 g/mol. The van der Waals surface area contributed by atoms with Crippen LogP contribution in [-0.4, -0.2) is 53.6 Å². The van der Waals surface area contributed by atoms with E-state index in [0.717, 1.165) is 44.2 Å². The molecule has 288 valence electrons. The smallest absolute Gasteiger partial charge is 0.164 e. The fourth-order valence-electron chi connectivity index (χ4n) is 8.44. The Labute approximate surface area is 326 Å². The molecule has 0 unspecified atom stereocenters. The molecule has 7 rings (SSSR count). The average Bonchev–Trinajstić information content (AvgIpc) is 3.72. The van der Waals surface area contributed by atoms with Crippen LogP contribution in [0.25, 0.3) is 10.8 Å².